The number of phosphoric acid groups is 1. The second-order valence-corrected chi connectivity index (χ2v) is 3.90. The standard InChI is InChI=1S/C9H10O.3K.H3O4P/c1-2-6-9-8(4-1)5-3-7-10-9;;;;1-5(2,3)4/h1-2,4,6H,3,5,7H2;;;;(H3,1,2,3,4)/q;3*+1;/p-3. The minimum atomic E-state index is -5.39. The Kier molecular flexibility index (Phi) is 21.9. The Morgan fingerprint density at radius 2 is 1.56 bits per heavy atom. The second-order valence-electron chi connectivity index (χ2n) is 3.01. The molecule has 0 saturated carbocycles. The van der Waals surface area contributed by atoms with Crippen LogP contribution in [0.25, 0.3) is 0 Å². The van der Waals surface area contributed by atoms with Crippen LogP contribution in [0.1, 0.15) is 12.0 Å². The molecule has 9 heteroatoms. The summed E-state index contributed by atoms with van der Waals surface area (Å²) in [6.07, 6.45) is 2.34. The molecule has 18 heavy (non-hydrogen) atoms. The van der Waals surface area contributed by atoms with Crippen molar-refractivity contribution in [2.75, 3.05) is 6.61 Å². The van der Waals surface area contributed by atoms with E-state index in [4.69, 9.17) is 24.0 Å². The van der Waals surface area contributed by atoms with Gasteiger partial charge in [-0.25, -0.2) is 0 Å². The zero-order valence-electron chi connectivity index (χ0n) is 10.9. The zero-order valence-corrected chi connectivity index (χ0v) is 21.2. The summed E-state index contributed by atoms with van der Waals surface area (Å²) in [6.45, 7) is 0.886. The van der Waals surface area contributed by atoms with Gasteiger partial charge in [-0.2, -0.15) is 7.82 Å². The third-order valence-electron chi connectivity index (χ3n) is 1.82. The average Bonchev–Trinajstić information content (AvgIpc) is 2.16. The molecule has 0 aromatic heterocycles. The fourth-order valence-corrected chi connectivity index (χ4v) is 1.30. The smallest absolute Gasteiger partial charge is 0.822 e. The van der Waals surface area contributed by atoms with Crippen molar-refractivity contribution < 1.29 is 178 Å². The van der Waals surface area contributed by atoms with Crippen LogP contribution < -0.4 is 174 Å². The Bertz CT molecular complexity index is 338. The number of aryl methyl sites for hydroxylation is 1. The fraction of sp³-hybridized carbons (Fsp3) is 0.333. The molecule has 0 aliphatic carbocycles. The minimum absolute atomic E-state index is 0. The summed E-state index contributed by atoms with van der Waals surface area (Å²) in [5.74, 6) is 1.08. The van der Waals surface area contributed by atoms with Gasteiger partial charge in [0.25, 0.3) is 0 Å². The Hall–Kier alpha value is 4.04. The molecule has 1 aliphatic rings. The van der Waals surface area contributed by atoms with E-state index in [2.05, 4.69) is 12.1 Å². The van der Waals surface area contributed by atoms with Gasteiger partial charge in [-0.05, 0) is 24.5 Å². The van der Waals surface area contributed by atoms with E-state index in [0.29, 0.717) is 0 Å². The molecule has 0 N–H and O–H groups in total. The van der Waals surface area contributed by atoms with Crippen molar-refractivity contribution in [2.45, 2.75) is 12.8 Å². The molecule has 1 aromatic carbocycles. The van der Waals surface area contributed by atoms with E-state index in [-0.39, 0.29) is 154 Å². The van der Waals surface area contributed by atoms with Gasteiger partial charge in [0.2, 0.25) is 0 Å². The molecule has 84 valence electrons. The molecule has 1 heterocycles. The van der Waals surface area contributed by atoms with Crippen LogP contribution in [-0.4, -0.2) is 6.61 Å². The molecular formula is C9H10K3O5P. The monoisotopic (exact) mass is 346 g/mol. The van der Waals surface area contributed by atoms with Gasteiger partial charge < -0.3 is 24.0 Å². The Balaban J connectivity index is -0.000000252. The summed E-state index contributed by atoms with van der Waals surface area (Å²) in [4.78, 5) is 25.6. The quantitative estimate of drug-likeness (QED) is 0.343. The van der Waals surface area contributed by atoms with Crippen LogP contribution in [0, 0.1) is 0 Å². The normalized spacial score (nSPS) is 11.9. The van der Waals surface area contributed by atoms with Crippen LogP contribution in [0.4, 0.5) is 0 Å². The van der Waals surface area contributed by atoms with E-state index in [1.165, 1.54) is 12.0 Å². The van der Waals surface area contributed by atoms with Crippen LogP contribution >= 0.6 is 7.82 Å². The van der Waals surface area contributed by atoms with Crippen LogP contribution in [0.3, 0.4) is 0 Å². The molecule has 0 radical (unpaired) electrons. The predicted octanol–water partition coefficient (Wildman–Crippen LogP) is -9.80. The maximum atomic E-state index is 8.55. The minimum Gasteiger partial charge on any atom is -0.822 e. The Labute approximate surface area is 234 Å². The summed E-state index contributed by atoms with van der Waals surface area (Å²) < 4.78 is 14.0. The van der Waals surface area contributed by atoms with Crippen molar-refractivity contribution in [3.8, 4) is 5.75 Å². The van der Waals surface area contributed by atoms with E-state index in [1.807, 2.05) is 12.1 Å². The molecule has 5 nitrogen and oxygen atoms in total. The van der Waals surface area contributed by atoms with Crippen molar-refractivity contribution in [3.63, 3.8) is 0 Å². The summed E-state index contributed by atoms with van der Waals surface area (Å²) >= 11 is 0. The van der Waals surface area contributed by atoms with E-state index in [1.54, 1.807) is 0 Å². The molecule has 1 aromatic rings. The molecule has 0 saturated heterocycles. The molecule has 0 spiro atoms. The van der Waals surface area contributed by atoms with E-state index in [0.717, 1.165) is 18.8 Å². The van der Waals surface area contributed by atoms with Gasteiger partial charge in [0.05, 0.1) is 6.61 Å². The molecule has 0 amide bonds. The van der Waals surface area contributed by atoms with E-state index in [9.17, 15) is 0 Å². The average molecular weight is 346 g/mol. The summed E-state index contributed by atoms with van der Waals surface area (Å²) in [5.41, 5.74) is 1.36. The van der Waals surface area contributed by atoms with Gasteiger partial charge in [-0.15, -0.1) is 0 Å². The summed E-state index contributed by atoms with van der Waals surface area (Å²) in [5, 5.41) is 0. The molecular weight excluding hydrogens is 336 g/mol. The van der Waals surface area contributed by atoms with Crippen LogP contribution in [0.2, 0.25) is 0 Å². The number of hydrogen-bond acceptors (Lipinski definition) is 5. The topological polar surface area (TPSA) is 95.5 Å². The molecule has 2 rings (SSSR count). The largest absolute Gasteiger partial charge is 1.00 e. The molecule has 0 unspecified atom stereocenters. The van der Waals surface area contributed by atoms with Gasteiger partial charge in [0, 0.05) is 0 Å². The first-order valence-electron chi connectivity index (χ1n) is 4.40. The second kappa shape index (κ2) is 14.6. The van der Waals surface area contributed by atoms with Crippen molar-refractivity contribution in [1.29, 1.82) is 0 Å². The molecule has 1 aliphatic heterocycles. The third-order valence-corrected chi connectivity index (χ3v) is 1.82. The Morgan fingerprint density at radius 3 is 2.06 bits per heavy atom. The van der Waals surface area contributed by atoms with Gasteiger partial charge in [0.15, 0.2) is 0 Å². The first kappa shape index (κ1) is 26.9. The van der Waals surface area contributed by atoms with Crippen molar-refractivity contribution >= 4 is 7.82 Å². The number of para-hydroxylation sites is 1. The van der Waals surface area contributed by atoms with Crippen molar-refractivity contribution in [1.82, 2.24) is 0 Å². The van der Waals surface area contributed by atoms with E-state index < -0.39 is 7.82 Å². The molecule has 0 bridgehead atoms. The van der Waals surface area contributed by atoms with Crippen molar-refractivity contribution in [3.05, 3.63) is 29.8 Å². The maximum Gasteiger partial charge on any atom is 1.00 e. The van der Waals surface area contributed by atoms with Crippen LogP contribution in [-0.2, 0) is 11.0 Å². The first-order chi connectivity index (χ1) is 6.97. The summed E-state index contributed by atoms with van der Waals surface area (Å²) in [6, 6.07) is 8.25. The fourth-order valence-electron chi connectivity index (χ4n) is 1.30. The number of ether oxygens (including phenoxy) is 1. The summed E-state index contributed by atoms with van der Waals surface area (Å²) in [7, 11) is -5.39. The molecule has 0 atom stereocenters. The number of benzene rings is 1. The van der Waals surface area contributed by atoms with E-state index >= 15 is 0 Å². The van der Waals surface area contributed by atoms with Gasteiger partial charge in [0.1, 0.15) is 5.75 Å². The predicted molar refractivity (Wildman–Crippen MR) is 47.9 cm³/mol. The number of rotatable bonds is 0. The van der Waals surface area contributed by atoms with Gasteiger partial charge >= 0.3 is 154 Å². The SMILES string of the molecule is O=P([O-])([O-])[O-].[K+].[K+].[K+].c1ccc2c(c1)CCCO2. The number of hydrogen-bond donors (Lipinski definition) is 0. The third kappa shape index (κ3) is 15.0. The van der Waals surface area contributed by atoms with Crippen molar-refractivity contribution in [2.24, 2.45) is 0 Å². The van der Waals surface area contributed by atoms with Gasteiger partial charge in [-0.3, -0.25) is 0 Å². The molecule has 0 fully saturated rings. The zero-order chi connectivity index (χ0) is 11.3. The Morgan fingerprint density at radius 1 is 1.06 bits per heavy atom. The van der Waals surface area contributed by atoms with Crippen LogP contribution in [0.5, 0.6) is 5.75 Å². The van der Waals surface area contributed by atoms with Crippen LogP contribution in [0.15, 0.2) is 24.3 Å². The first-order valence-corrected chi connectivity index (χ1v) is 5.86. The number of fused-ring (bicyclic) bond motifs is 1. The van der Waals surface area contributed by atoms with Gasteiger partial charge in [-0.1, -0.05) is 18.2 Å². The maximum absolute atomic E-state index is 8.55.